The van der Waals surface area contributed by atoms with Gasteiger partial charge in [-0.25, -0.2) is 8.42 Å². The number of nitrogens with one attached hydrogen (secondary N) is 2. The summed E-state index contributed by atoms with van der Waals surface area (Å²) in [4.78, 5) is 24.6. The van der Waals surface area contributed by atoms with Gasteiger partial charge in [-0.3, -0.25) is 20.4 Å². The molecule has 0 radical (unpaired) electrons. The first-order chi connectivity index (χ1) is 15.1. The molecule has 2 amide bonds. The van der Waals surface area contributed by atoms with Crippen LogP contribution in [-0.2, 0) is 14.8 Å². The van der Waals surface area contributed by atoms with Crippen LogP contribution in [0, 0.1) is 6.92 Å². The Hall–Kier alpha value is -2.91. The van der Waals surface area contributed by atoms with E-state index in [1.54, 1.807) is 13.8 Å². The third-order valence-corrected chi connectivity index (χ3v) is 6.95. The number of hydrogen-bond donors (Lipinski definition) is 2. The Morgan fingerprint density at radius 1 is 1.03 bits per heavy atom. The number of rotatable bonds is 9. The van der Waals surface area contributed by atoms with Crippen molar-refractivity contribution in [1.29, 1.82) is 0 Å². The van der Waals surface area contributed by atoms with Crippen LogP contribution < -0.4 is 15.6 Å². The summed E-state index contributed by atoms with van der Waals surface area (Å²) in [6, 6.07) is 11.5. The van der Waals surface area contributed by atoms with E-state index in [0.29, 0.717) is 18.8 Å². The van der Waals surface area contributed by atoms with Gasteiger partial charge in [0.2, 0.25) is 10.0 Å². The highest BCUT2D eigenvalue weighted by molar-refractivity contribution is 7.89. The molecule has 0 saturated carbocycles. The lowest BCUT2D eigenvalue weighted by Gasteiger charge is -2.18. The van der Waals surface area contributed by atoms with Gasteiger partial charge in [0, 0.05) is 18.7 Å². The highest BCUT2D eigenvalue weighted by Crippen LogP contribution is 2.27. The molecular weight excluding hydrogens is 430 g/mol. The maximum Gasteiger partial charge on any atom is 0.276 e. The fourth-order valence-corrected chi connectivity index (χ4v) is 4.64. The summed E-state index contributed by atoms with van der Waals surface area (Å²) in [5, 5.41) is 0. The van der Waals surface area contributed by atoms with Gasteiger partial charge in [-0.15, -0.1) is 0 Å². The SMILES string of the molecule is CCN(CC)S(=O)(=O)c1cccc(C(=O)NNC(=O)COc2cc(C)ccc2C(C)C)c1. The Balaban J connectivity index is 2.00. The molecule has 0 unspecified atom stereocenters. The molecule has 8 nitrogen and oxygen atoms in total. The molecule has 2 aromatic rings. The molecule has 9 heteroatoms. The van der Waals surface area contributed by atoms with Crippen LogP contribution in [0.25, 0.3) is 0 Å². The largest absolute Gasteiger partial charge is 0.483 e. The lowest BCUT2D eigenvalue weighted by molar-refractivity contribution is -0.123. The first kappa shape index (κ1) is 25.4. The van der Waals surface area contributed by atoms with Gasteiger partial charge < -0.3 is 4.74 Å². The van der Waals surface area contributed by atoms with Crippen LogP contribution in [0.1, 0.15) is 55.1 Å². The maximum absolute atomic E-state index is 12.7. The van der Waals surface area contributed by atoms with Crippen molar-refractivity contribution in [1.82, 2.24) is 15.2 Å². The molecule has 0 aliphatic carbocycles. The van der Waals surface area contributed by atoms with E-state index in [0.717, 1.165) is 11.1 Å². The number of benzene rings is 2. The van der Waals surface area contributed by atoms with Gasteiger partial charge in [0.15, 0.2) is 6.61 Å². The summed E-state index contributed by atoms with van der Waals surface area (Å²) in [6.07, 6.45) is 0. The van der Waals surface area contributed by atoms with E-state index in [1.807, 2.05) is 39.0 Å². The summed E-state index contributed by atoms with van der Waals surface area (Å²) >= 11 is 0. The van der Waals surface area contributed by atoms with E-state index in [9.17, 15) is 18.0 Å². The predicted molar refractivity (Wildman–Crippen MR) is 123 cm³/mol. The molecule has 2 aromatic carbocycles. The van der Waals surface area contributed by atoms with E-state index < -0.39 is 21.8 Å². The predicted octanol–water partition coefficient (Wildman–Crippen LogP) is 2.99. The second kappa shape index (κ2) is 11.1. The zero-order chi connectivity index (χ0) is 23.9. The van der Waals surface area contributed by atoms with Gasteiger partial charge in [0.05, 0.1) is 4.90 Å². The van der Waals surface area contributed by atoms with Crippen molar-refractivity contribution < 1.29 is 22.7 Å². The average Bonchev–Trinajstić information content (AvgIpc) is 2.76. The smallest absolute Gasteiger partial charge is 0.276 e. The summed E-state index contributed by atoms with van der Waals surface area (Å²) in [7, 11) is -3.70. The minimum atomic E-state index is -3.70. The fourth-order valence-electron chi connectivity index (χ4n) is 3.13. The zero-order valence-corrected chi connectivity index (χ0v) is 20.0. The fraction of sp³-hybridized carbons (Fsp3) is 0.391. The molecule has 174 valence electrons. The normalized spacial score (nSPS) is 11.5. The Kier molecular flexibility index (Phi) is 8.80. The molecule has 0 fully saturated rings. The molecule has 0 saturated heterocycles. The third-order valence-electron chi connectivity index (χ3n) is 4.90. The molecule has 0 aliphatic rings. The van der Waals surface area contributed by atoms with Crippen LogP contribution in [0.4, 0.5) is 0 Å². The van der Waals surface area contributed by atoms with E-state index >= 15 is 0 Å². The Labute approximate surface area is 190 Å². The molecule has 0 atom stereocenters. The summed E-state index contributed by atoms with van der Waals surface area (Å²) in [6.45, 7) is 9.87. The van der Waals surface area contributed by atoms with Gasteiger partial charge in [0.25, 0.3) is 11.8 Å². The van der Waals surface area contributed by atoms with E-state index in [-0.39, 0.29) is 23.0 Å². The minimum Gasteiger partial charge on any atom is -0.483 e. The van der Waals surface area contributed by atoms with Crippen LogP contribution in [0.15, 0.2) is 47.4 Å². The van der Waals surface area contributed by atoms with Crippen molar-refractivity contribution in [3.05, 3.63) is 59.2 Å². The second-order valence-electron chi connectivity index (χ2n) is 7.60. The highest BCUT2D eigenvalue weighted by atomic mass is 32.2. The van der Waals surface area contributed by atoms with Crippen molar-refractivity contribution >= 4 is 21.8 Å². The number of carbonyl (C=O) groups excluding carboxylic acids is 2. The molecule has 32 heavy (non-hydrogen) atoms. The molecular formula is C23H31N3O5S. The number of sulfonamides is 1. The number of hydrogen-bond acceptors (Lipinski definition) is 5. The Bertz CT molecular complexity index is 1060. The van der Waals surface area contributed by atoms with Crippen LogP contribution >= 0.6 is 0 Å². The number of nitrogens with zero attached hydrogens (tertiary/aromatic N) is 1. The number of aryl methyl sites for hydroxylation is 1. The third kappa shape index (κ3) is 6.30. The number of hydrazine groups is 1. The quantitative estimate of drug-likeness (QED) is 0.559. The molecule has 0 bridgehead atoms. The van der Waals surface area contributed by atoms with E-state index in [4.69, 9.17) is 4.74 Å². The second-order valence-corrected chi connectivity index (χ2v) is 9.54. The monoisotopic (exact) mass is 461 g/mol. The number of carbonyl (C=O) groups is 2. The van der Waals surface area contributed by atoms with Crippen LogP contribution in [0.2, 0.25) is 0 Å². The van der Waals surface area contributed by atoms with Gasteiger partial charge in [-0.05, 0) is 48.2 Å². The van der Waals surface area contributed by atoms with Crippen molar-refractivity contribution in [3.63, 3.8) is 0 Å². The molecule has 0 spiro atoms. The number of amides is 2. The van der Waals surface area contributed by atoms with Gasteiger partial charge in [0.1, 0.15) is 5.75 Å². The van der Waals surface area contributed by atoms with Gasteiger partial charge >= 0.3 is 0 Å². The lowest BCUT2D eigenvalue weighted by Crippen LogP contribution is -2.44. The summed E-state index contributed by atoms with van der Waals surface area (Å²) < 4.78 is 32.3. The molecule has 0 aromatic heterocycles. The van der Waals surface area contributed by atoms with Crippen LogP contribution in [0.5, 0.6) is 5.75 Å². The van der Waals surface area contributed by atoms with Gasteiger partial charge in [-0.1, -0.05) is 45.9 Å². The topological polar surface area (TPSA) is 105 Å². The van der Waals surface area contributed by atoms with Crippen molar-refractivity contribution in [3.8, 4) is 5.75 Å². The average molecular weight is 462 g/mol. The van der Waals surface area contributed by atoms with Crippen LogP contribution in [0.3, 0.4) is 0 Å². The molecule has 2 rings (SSSR count). The number of ether oxygens (including phenoxy) is 1. The van der Waals surface area contributed by atoms with Crippen molar-refractivity contribution in [2.24, 2.45) is 0 Å². The highest BCUT2D eigenvalue weighted by Gasteiger charge is 2.22. The Morgan fingerprint density at radius 3 is 2.34 bits per heavy atom. The molecule has 0 heterocycles. The van der Waals surface area contributed by atoms with Crippen molar-refractivity contribution in [2.75, 3.05) is 19.7 Å². The zero-order valence-electron chi connectivity index (χ0n) is 19.1. The Morgan fingerprint density at radius 2 is 1.72 bits per heavy atom. The van der Waals surface area contributed by atoms with Gasteiger partial charge in [-0.2, -0.15) is 4.31 Å². The van der Waals surface area contributed by atoms with E-state index in [1.165, 1.54) is 28.6 Å². The first-order valence-corrected chi connectivity index (χ1v) is 12.0. The summed E-state index contributed by atoms with van der Waals surface area (Å²) in [5.41, 5.74) is 6.70. The van der Waals surface area contributed by atoms with Crippen LogP contribution in [-0.4, -0.2) is 44.2 Å². The first-order valence-electron chi connectivity index (χ1n) is 10.5. The lowest BCUT2D eigenvalue weighted by atomic mass is 10.0. The van der Waals surface area contributed by atoms with Crippen molar-refractivity contribution in [2.45, 2.75) is 45.4 Å². The van der Waals surface area contributed by atoms with E-state index in [2.05, 4.69) is 10.9 Å². The summed E-state index contributed by atoms with van der Waals surface area (Å²) in [5.74, 6) is -0.320. The molecule has 0 aliphatic heterocycles. The maximum atomic E-state index is 12.7. The minimum absolute atomic E-state index is 0.0178. The molecule has 2 N–H and O–H groups in total. The standard InChI is InChI=1S/C23H31N3O5S/c1-6-26(7-2)32(29,30)19-10-8-9-18(14-19)23(28)25-24-22(27)15-31-21-13-17(5)11-12-20(21)16(3)4/h8-14,16H,6-7,15H2,1-5H3,(H,24,27)(H,25,28).